The van der Waals surface area contributed by atoms with E-state index in [1.165, 1.54) is 23.8 Å². The Hall–Kier alpha value is -3.58. The Morgan fingerprint density at radius 3 is 2.71 bits per heavy atom. The highest BCUT2D eigenvalue weighted by Gasteiger charge is 2.30. The van der Waals surface area contributed by atoms with Crippen molar-refractivity contribution in [2.75, 3.05) is 29.9 Å². The van der Waals surface area contributed by atoms with Crippen LogP contribution < -0.4 is 15.5 Å². The van der Waals surface area contributed by atoms with Gasteiger partial charge in [-0.25, -0.2) is 15.0 Å². The number of rotatable bonds is 6. The van der Waals surface area contributed by atoms with E-state index in [4.69, 9.17) is 9.97 Å². The minimum atomic E-state index is 0.436. The van der Waals surface area contributed by atoms with Gasteiger partial charge >= 0.3 is 0 Å². The molecule has 1 aromatic carbocycles. The predicted octanol–water partition coefficient (Wildman–Crippen LogP) is 5.14. The van der Waals surface area contributed by atoms with Crippen molar-refractivity contribution in [3.63, 3.8) is 0 Å². The number of piperazine rings is 1. The molecule has 7 heteroatoms. The Kier molecular flexibility index (Phi) is 5.78. The first-order valence-corrected chi connectivity index (χ1v) is 12.6. The third-order valence-corrected chi connectivity index (χ3v) is 7.01. The Labute approximate surface area is 206 Å². The summed E-state index contributed by atoms with van der Waals surface area (Å²) in [5.41, 5.74) is 4.15. The molecule has 1 unspecified atom stereocenters. The number of para-hydroxylation sites is 1. The first kappa shape index (κ1) is 21.9. The summed E-state index contributed by atoms with van der Waals surface area (Å²) in [6, 6.07) is 14.5. The van der Waals surface area contributed by atoms with E-state index in [0.717, 1.165) is 48.0 Å². The normalized spacial score (nSPS) is 18.3. The van der Waals surface area contributed by atoms with Crippen LogP contribution in [0.1, 0.15) is 38.2 Å². The topological polar surface area (TPSA) is 78.9 Å². The number of nitrogens with zero attached hydrogens (tertiary/aromatic N) is 5. The van der Waals surface area contributed by atoms with Crippen molar-refractivity contribution in [1.82, 2.24) is 25.3 Å². The van der Waals surface area contributed by atoms with Crippen LogP contribution in [0.15, 0.2) is 61.1 Å². The lowest BCUT2D eigenvalue weighted by atomic mass is 10.0. The van der Waals surface area contributed by atoms with Gasteiger partial charge in [0.1, 0.15) is 11.6 Å². The second-order valence-corrected chi connectivity index (χ2v) is 9.94. The Balaban J connectivity index is 1.44. The number of nitrogens with one attached hydrogen (secondary N) is 2. The van der Waals surface area contributed by atoms with Gasteiger partial charge in [-0.2, -0.15) is 0 Å². The van der Waals surface area contributed by atoms with E-state index in [-0.39, 0.29) is 0 Å². The Morgan fingerprint density at radius 2 is 1.91 bits per heavy atom. The van der Waals surface area contributed by atoms with Gasteiger partial charge < -0.3 is 15.5 Å². The lowest BCUT2D eigenvalue weighted by Crippen LogP contribution is -2.53. The summed E-state index contributed by atoms with van der Waals surface area (Å²) in [5.74, 6) is 3.65. The standard InChI is InChI=1S/C28H31N7/c1-18(2)24-17-35(13-12-30-24)28-26-22(19-8-9-19)15-29-16-23(26)33-27(34-28)20-10-11-31-25(14-20)32-21-6-4-3-5-7-21/h3-7,10-11,14-16,18-19,24,30H,8-9,12-13,17H2,1-2H3,(H,31,32). The van der Waals surface area contributed by atoms with Crippen LogP contribution in [0, 0.1) is 5.92 Å². The van der Waals surface area contributed by atoms with Crippen LogP contribution in [0.25, 0.3) is 22.3 Å². The van der Waals surface area contributed by atoms with Crippen molar-refractivity contribution in [1.29, 1.82) is 0 Å². The Bertz CT molecular complexity index is 1330. The molecule has 1 aliphatic carbocycles. The lowest BCUT2D eigenvalue weighted by molar-refractivity contribution is 0.367. The molecule has 178 valence electrons. The van der Waals surface area contributed by atoms with Crippen LogP contribution in [0.4, 0.5) is 17.3 Å². The second-order valence-electron chi connectivity index (χ2n) is 9.94. The molecule has 2 N–H and O–H groups in total. The minimum absolute atomic E-state index is 0.436. The van der Waals surface area contributed by atoms with Gasteiger partial charge in [0.2, 0.25) is 0 Å². The molecule has 2 aliphatic rings. The Morgan fingerprint density at radius 1 is 1.06 bits per heavy atom. The fourth-order valence-corrected chi connectivity index (χ4v) is 4.88. The molecule has 3 aromatic heterocycles. The van der Waals surface area contributed by atoms with Crippen LogP contribution in [0.3, 0.4) is 0 Å². The maximum absolute atomic E-state index is 5.21. The molecule has 0 spiro atoms. The van der Waals surface area contributed by atoms with E-state index in [9.17, 15) is 0 Å². The van der Waals surface area contributed by atoms with Crippen LogP contribution in [0.5, 0.6) is 0 Å². The summed E-state index contributed by atoms with van der Waals surface area (Å²) in [6.07, 6.45) is 8.17. The minimum Gasteiger partial charge on any atom is -0.353 e. The molecule has 1 aliphatic heterocycles. The molecule has 1 saturated heterocycles. The van der Waals surface area contributed by atoms with Gasteiger partial charge in [0, 0.05) is 54.7 Å². The first-order chi connectivity index (χ1) is 17.2. The summed E-state index contributed by atoms with van der Waals surface area (Å²) < 4.78 is 0. The zero-order valence-electron chi connectivity index (χ0n) is 20.3. The summed E-state index contributed by atoms with van der Waals surface area (Å²) in [4.78, 5) is 21.7. The molecule has 6 rings (SSSR count). The van der Waals surface area contributed by atoms with Crippen molar-refractivity contribution < 1.29 is 0 Å². The summed E-state index contributed by atoms with van der Waals surface area (Å²) in [5, 5.41) is 8.23. The molecule has 1 atom stereocenters. The molecule has 1 saturated carbocycles. The van der Waals surface area contributed by atoms with Gasteiger partial charge in [-0.1, -0.05) is 32.0 Å². The summed E-state index contributed by atoms with van der Waals surface area (Å²) >= 11 is 0. The maximum Gasteiger partial charge on any atom is 0.162 e. The molecule has 0 radical (unpaired) electrons. The molecule has 4 aromatic rings. The number of hydrogen-bond acceptors (Lipinski definition) is 7. The second kappa shape index (κ2) is 9.23. The third-order valence-electron chi connectivity index (χ3n) is 7.01. The van der Waals surface area contributed by atoms with Crippen LogP contribution in [-0.4, -0.2) is 45.6 Å². The van der Waals surface area contributed by atoms with Gasteiger partial charge in [-0.15, -0.1) is 0 Å². The highest BCUT2D eigenvalue weighted by Crippen LogP contribution is 2.45. The number of anilines is 3. The van der Waals surface area contributed by atoms with Crippen LogP contribution in [0.2, 0.25) is 0 Å². The highest BCUT2D eigenvalue weighted by atomic mass is 15.3. The largest absolute Gasteiger partial charge is 0.353 e. The molecule has 0 amide bonds. The molecule has 35 heavy (non-hydrogen) atoms. The predicted molar refractivity (Wildman–Crippen MR) is 141 cm³/mol. The van der Waals surface area contributed by atoms with Crippen molar-refractivity contribution in [3.05, 3.63) is 66.6 Å². The fourth-order valence-electron chi connectivity index (χ4n) is 4.88. The van der Waals surface area contributed by atoms with Gasteiger partial charge in [0.25, 0.3) is 0 Å². The summed E-state index contributed by atoms with van der Waals surface area (Å²) in [7, 11) is 0. The van der Waals surface area contributed by atoms with E-state index in [0.29, 0.717) is 23.7 Å². The number of fused-ring (bicyclic) bond motifs is 1. The lowest BCUT2D eigenvalue weighted by Gasteiger charge is -2.37. The van der Waals surface area contributed by atoms with E-state index in [1.807, 2.05) is 61.1 Å². The molecule has 0 bridgehead atoms. The molecule has 7 nitrogen and oxygen atoms in total. The monoisotopic (exact) mass is 465 g/mol. The zero-order valence-corrected chi connectivity index (χ0v) is 20.3. The summed E-state index contributed by atoms with van der Waals surface area (Å²) in [6.45, 7) is 7.38. The van der Waals surface area contributed by atoms with E-state index >= 15 is 0 Å². The van der Waals surface area contributed by atoms with Crippen molar-refractivity contribution in [3.8, 4) is 11.4 Å². The van der Waals surface area contributed by atoms with Crippen LogP contribution in [-0.2, 0) is 0 Å². The number of hydrogen-bond donors (Lipinski definition) is 2. The van der Waals surface area contributed by atoms with Gasteiger partial charge in [-0.3, -0.25) is 4.98 Å². The number of benzene rings is 1. The number of aromatic nitrogens is 4. The number of pyridine rings is 2. The highest BCUT2D eigenvalue weighted by molar-refractivity contribution is 5.94. The molecule has 2 fully saturated rings. The van der Waals surface area contributed by atoms with Gasteiger partial charge in [0.15, 0.2) is 5.82 Å². The van der Waals surface area contributed by atoms with Gasteiger partial charge in [-0.05, 0) is 54.5 Å². The average Bonchev–Trinajstić information content (AvgIpc) is 3.74. The smallest absolute Gasteiger partial charge is 0.162 e. The van der Waals surface area contributed by atoms with E-state index in [2.05, 4.69) is 39.3 Å². The SMILES string of the molecule is CC(C)C1CN(c2nc(-c3ccnc(Nc4ccccc4)c3)nc3cncc(C4CC4)c23)CCN1. The van der Waals surface area contributed by atoms with Crippen molar-refractivity contribution >= 4 is 28.2 Å². The average molecular weight is 466 g/mol. The fraction of sp³-hybridized carbons (Fsp3) is 0.357. The zero-order chi connectivity index (χ0) is 23.8. The van der Waals surface area contributed by atoms with E-state index < -0.39 is 0 Å². The third kappa shape index (κ3) is 4.56. The first-order valence-electron chi connectivity index (χ1n) is 12.6. The van der Waals surface area contributed by atoms with E-state index in [1.54, 1.807) is 0 Å². The van der Waals surface area contributed by atoms with Gasteiger partial charge in [0.05, 0.1) is 11.7 Å². The molecule has 4 heterocycles. The van der Waals surface area contributed by atoms with Crippen LogP contribution >= 0.6 is 0 Å². The quantitative estimate of drug-likeness (QED) is 0.408. The molecular weight excluding hydrogens is 434 g/mol. The maximum atomic E-state index is 5.21. The van der Waals surface area contributed by atoms with Crippen molar-refractivity contribution in [2.24, 2.45) is 5.92 Å². The van der Waals surface area contributed by atoms with Crippen molar-refractivity contribution in [2.45, 2.75) is 38.6 Å². The molecular formula is C28H31N7.